The van der Waals surface area contributed by atoms with E-state index in [-0.39, 0.29) is 0 Å². The molecule has 0 radical (unpaired) electrons. The van der Waals surface area contributed by atoms with Gasteiger partial charge in [0, 0.05) is 0 Å². The van der Waals surface area contributed by atoms with Gasteiger partial charge in [0.2, 0.25) is 0 Å². The summed E-state index contributed by atoms with van der Waals surface area (Å²) in [5, 5.41) is 0. The van der Waals surface area contributed by atoms with Gasteiger partial charge in [0.15, 0.2) is 0 Å². The highest BCUT2D eigenvalue weighted by Gasteiger charge is 2.24. The van der Waals surface area contributed by atoms with Crippen LogP contribution < -0.4 is 0 Å². The quantitative estimate of drug-likeness (QED) is 0.483. The van der Waals surface area contributed by atoms with Crippen LogP contribution in [-0.2, 0) is 9.47 Å². The first-order valence-corrected chi connectivity index (χ1v) is 3.98. The van der Waals surface area contributed by atoms with Crippen molar-refractivity contribution in [1.82, 2.24) is 0 Å². The molecule has 0 bridgehead atoms. The van der Waals surface area contributed by atoms with Crippen molar-refractivity contribution in [3.05, 3.63) is 12.7 Å². The standard InChI is InChI=1S/C9H16O3/c1-5-7-9(3,6-2)12-8(10)11-4/h6H,2,5,7H2,1,3-4H3. The summed E-state index contributed by atoms with van der Waals surface area (Å²) in [4.78, 5) is 10.8. The molecular formula is C9H16O3. The van der Waals surface area contributed by atoms with E-state index in [0.29, 0.717) is 0 Å². The zero-order chi connectivity index (χ0) is 9.61. The summed E-state index contributed by atoms with van der Waals surface area (Å²) in [5.41, 5.74) is -0.595. The highest BCUT2D eigenvalue weighted by atomic mass is 16.7. The van der Waals surface area contributed by atoms with Crippen LogP contribution in [0.3, 0.4) is 0 Å². The molecule has 1 atom stereocenters. The van der Waals surface area contributed by atoms with Crippen LogP contribution >= 0.6 is 0 Å². The molecule has 0 saturated carbocycles. The number of carbonyl (C=O) groups excluding carboxylic acids is 1. The Bertz CT molecular complexity index is 165. The monoisotopic (exact) mass is 172 g/mol. The van der Waals surface area contributed by atoms with Crippen LogP contribution in [0.25, 0.3) is 0 Å². The Balaban J connectivity index is 4.12. The van der Waals surface area contributed by atoms with Gasteiger partial charge < -0.3 is 9.47 Å². The lowest BCUT2D eigenvalue weighted by molar-refractivity contribution is 0.00459. The van der Waals surface area contributed by atoms with Gasteiger partial charge in [-0.3, -0.25) is 0 Å². The van der Waals surface area contributed by atoms with Crippen LogP contribution in [0, 0.1) is 0 Å². The van der Waals surface area contributed by atoms with Gasteiger partial charge in [-0.1, -0.05) is 19.9 Å². The van der Waals surface area contributed by atoms with E-state index in [1.807, 2.05) is 6.92 Å². The Kier molecular flexibility index (Phi) is 4.40. The van der Waals surface area contributed by atoms with Crippen molar-refractivity contribution >= 4 is 6.16 Å². The van der Waals surface area contributed by atoms with Gasteiger partial charge in [-0.05, 0) is 19.4 Å². The smallest absolute Gasteiger partial charge is 0.438 e. The first kappa shape index (κ1) is 11.0. The second-order valence-corrected chi connectivity index (χ2v) is 2.82. The predicted molar refractivity (Wildman–Crippen MR) is 47.0 cm³/mol. The summed E-state index contributed by atoms with van der Waals surface area (Å²) < 4.78 is 9.38. The van der Waals surface area contributed by atoms with Crippen LogP contribution in [0.5, 0.6) is 0 Å². The average molecular weight is 172 g/mol. The van der Waals surface area contributed by atoms with E-state index in [1.165, 1.54) is 7.11 Å². The van der Waals surface area contributed by atoms with E-state index >= 15 is 0 Å². The van der Waals surface area contributed by atoms with Crippen molar-refractivity contribution in [2.45, 2.75) is 32.3 Å². The van der Waals surface area contributed by atoms with E-state index in [4.69, 9.17) is 4.74 Å². The lowest BCUT2D eigenvalue weighted by Crippen LogP contribution is -2.28. The zero-order valence-corrected chi connectivity index (χ0v) is 7.92. The fourth-order valence-corrected chi connectivity index (χ4v) is 0.923. The molecule has 1 unspecified atom stereocenters. The lowest BCUT2D eigenvalue weighted by atomic mass is 10.0. The topological polar surface area (TPSA) is 35.5 Å². The van der Waals surface area contributed by atoms with Crippen molar-refractivity contribution < 1.29 is 14.3 Å². The second-order valence-electron chi connectivity index (χ2n) is 2.82. The predicted octanol–water partition coefficient (Wildman–Crippen LogP) is 2.51. The summed E-state index contributed by atoms with van der Waals surface area (Å²) in [6, 6.07) is 0. The molecule has 3 nitrogen and oxygen atoms in total. The van der Waals surface area contributed by atoms with E-state index in [0.717, 1.165) is 12.8 Å². The van der Waals surface area contributed by atoms with Gasteiger partial charge in [-0.25, -0.2) is 4.79 Å². The summed E-state index contributed by atoms with van der Waals surface area (Å²) in [6.45, 7) is 7.43. The molecular weight excluding hydrogens is 156 g/mol. The van der Waals surface area contributed by atoms with E-state index < -0.39 is 11.8 Å². The maximum Gasteiger partial charge on any atom is 0.508 e. The Hall–Kier alpha value is -0.990. The minimum Gasteiger partial charge on any atom is -0.438 e. The first-order valence-electron chi connectivity index (χ1n) is 3.98. The number of ether oxygens (including phenoxy) is 2. The van der Waals surface area contributed by atoms with Gasteiger partial charge in [0.05, 0.1) is 7.11 Å². The number of hydrogen-bond donors (Lipinski definition) is 0. The number of hydrogen-bond acceptors (Lipinski definition) is 3. The summed E-state index contributed by atoms with van der Waals surface area (Å²) >= 11 is 0. The van der Waals surface area contributed by atoms with Crippen LogP contribution in [-0.4, -0.2) is 18.9 Å². The largest absolute Gasteiger partial charge is 0.508 e. The SMILES string of the molecule is C=CC(C)(CCC)OC(=O)OC. The maximum atomic E-state index is 10.8. The van der Waals surface area contributed by atoms with Gasteiger partial charge in [-0.2, -0.15) is 0 Å². The van der Waals surface area contributed by atoms with Crippen molar-refractivity contribution in [2.75, 3.05) is 7.11 Å². The molecule has 0 amide bonds. The molecule has 0 fully saturated rings. The number of methoxy groups -OCH3 is 1. The average Bonchev–Trinajstić information content (AvgIpc) is 2.05. The third kappa shape index (κ3) is 3.42. The summed E-state index contributed by atoms with van der Waals surface area (Å²) in [6.07, 6.45) is 2.64. The minimum atomic E-state index is -0.661. The third-order valence-corrected chi connectivity index (χ3v) is 1.66. The fourth-order valence-electron chi connectivity index (χ4n) is 0.923. The highest BCUT2D eigenvalue weighted by molar-refractivity contribution is 5.60. The molecule has 0 aliphatic heterocycles. The molecule has 0 aliphatic rings. The normalized spacial score (nSPS) is 14.6. The maximum absolute atomic E-state index is 10.8. The Morgan fingerprint density at radius 2 is 2.25 bits per heavy atom. The number of carbonyl (C=O) groups is 1. The molecule has 0 spiro atoms. The zero-order valence-electron chi connectivity index (χ0n) is 7.92. The Morgan fingerprint density at radius 3 is 2.58 bits per heavy atom. The molecule has 0 saturated heterocycles. The number of rotatable bonds is 4. The molecule has 0 heterocycles. The van der Waals surface area contributed by atoms with Gasteiger partial charge in [0.1, 0.15) is 5.60 Å². The fraction of sp³-hybridized carbons (Fsp3) is 0.667. The van der Waals surface area contributed by atoms with Crippen molar-refractivity contribution in [2.24, 2.45) is 0 Å². The van der Waals surface area contributed by atoms with Crippen molar-refractivity contribution in [1.29, 1.82) is 0 Å². The second kappa shape index (κ2) is 4.80. The molecule has 12 heavy (non-hydrogen) atoms. The third-order valence-electron chi connectivity index (χ3n) is 1.66. The molecule has 0 aromatic rings. The van der Waals surface area contributed by atoms with Crippen molar-refractivity contribution in [3.8, 4) is 0 Å². The van der Waals surface area contributed by atoms with E-state index in [9.17, 15) is 4.79 Å². The van der Waals surface area contributed by atoms with Gasteiger partial charge in [0.25, 0.3) is 0 Å². The Morgan fingerprint density at radius 1 is 1.67 bits per heavy atom. The van der Waals surface area contributed by atoms with E-state index in [2.05, 4.69) is 11.3 Å². The first-order chi connectivity index (χ1) is 5.58. The van der Waals surface area contributed by atoms with Crippen molar-refractivity contribution in [3.63, 3.8) is 0 Å². The molecule has 70 valence electrons. The molecule has 0 N–H and O–H groups in total. The van der Waals surface area contributed by atoms with Crippen LogP contribution in [0.15, 0.2) is 12.7 Å². The lowest BCUT2D eigenvalue weighted by Gasteiger charge is -2.24. The Labute approximate surface area is 73.4 Å². The molecule has 0 aromatic heterocycles. The van der Waals surface area contributed by atoms with Crippen LogP contribution in [0.4, 0.5) is 4.79 Å². The van der Waals surface area contributed by atoms with Crippen LogP contribution in [0.2, 0.25) is 0 Å². The van der Waals surface area contributed by atoms with Gasteiger partial charge in [-0.15, -0.1) is 0 Å². The molecule has 0 aliphatic carbocycles. The minimum absolute atomic E-state index is 0.595. The molecule has 0 aromatic carbocycles. The van der Waals surface area contributed by atoms with Gasteiger partial charge >= 0.3 is 6.16 Å². The highest BCUT2D eigenvalue weighted by Crippen LogP contribution is 2.19. The van der Waals surface area contributed by atoms with Crippen LogP contribution in [0.1, 0.15) is 26.7 Å². The molecule has 3 heteroatoms. The van der Waals surface area contributed by atoms with E-state index in [1.54, 1.807) is 13.0 Å². The molecule has 0 rings (SSSR count). The summed E-state index contributed by atoms with van der Waals surface area (Å²) in [5.74, 6) is 0. The summed E-state index contributed by atoms with van der Waals surface area (Å²) in [7, 11) is 1.29.